The minimum absolute atomic E-state index is 0.00979. The van der Waals surface area contributed by atoms with Gasteiger partial charge in [-0.2, -0.15) is 0 Å². The van der Waals surface area contributed by atoms with Gasteiger partial charge in [-0.15, -0.1) is 0 Å². The number of morpholine rings is 1. The van der Waals surface area contributed by atoms with Crippen LogP contribution in [0, 0.1) is 13.8 Å². The molecular formula is C20H29N3O3. The van der Waals surface area contributed by atoms with Crippen LogP contribution in [0.1, 0.15) is 30.4 Å². The van der Waals surface area contributed by atoms with E-state index in [-0.39, 0.29) is 11.8 Å². The van der Waals surface area contributed by atoms with Crippen LogP contribution in [-0.2, 0) is 14.3 Å². The molecule has 0 aromatic heterocycles. The lowest BCUT2D eigenvalue weighted by Crippen LogP contribution is -2.43. The number of aryl methyl sites for hydroxylation is 2. The van der Waals surface area contributed by atoms with Crippen LogP contribution in [0.15, 0.2) is 18.2 Å². The lowest BCUT2D eigenvalue weighted by atomic mass is 10.1. The molecule has 0 radical (unpaired) electrons. The summed E-state index contributed by atoms with van der Waals surface area (Å²) in [6, 6.07) is 6.50. The number of amides is 2. The van der Waals surface area contributed by atoms with Gasteiger partial charge in [0.1, 0.15) is 0 Å². The van der Waals surface area contributed by atoms with Crippen LogP contribution >= 0.6 is 0 Å². The van der Waals surface area contributed by atoms with E-state index in [0.29, 0.717) is 51.9 Å². The number of hydrogen-bond acceptors (Lipinski definition) is 4. The third-order valence-corrected chi connectivity index (χ3v) is 5.05. The van der Waals surface area contributed by atoms with Crippen molar-refractivity contribution in [1.29, 1.82) is 0 Å². The summed E-state index contributed by atoms with van der Waals surface area (Å²) in [5.41, 5.74) is 3.06. The molecule has 6 nitrogen and oxygen atoms in total. The minimum atomic E-state index is -0.00979. The number of hydrogen-bond donors (Lipinski definition) is 1. The highest BCUT2D eigenvalue weighted by molar-refractivity contribution is 5.93. The summed E-state index contributed by atoms with van der Waals surface area (Å²) in [7, 11) is 0. The fraction of sp³-hybridized carbons (Fsp3) is 0.600. The maximum absolute atomic E-state index is 12.5. The first kappa shape index (κ1) is 18.9. The zero-order valence-electron chi connectivity index (χ0n) is 15.8. The van der Waals surface area contributed by atoms with Gasteiger partial charge in [-0.25, -0.2) is 0 Å². The zero-order chi connectivity index (χ0) is 18.5. The summed E-state index contributed by atoms with van der Waals surface area (Å²) in [6.07, 6.45) is 2.69. The van der Waals surface area contributed by atoms with Crippen molar-refractivity contribution in [3.05, 3.63) is 29.3 Å². The monoisotopic (exact) mass is 359 g/mol. The highest BCUT2D eigenvalue weighted by atomic mass is 16.5. The van der Waals surface area contributed by atoms with E-state index in [0.717, 1.165) is 29.7 Å². The quantitative estimate of drug-likeness (QED) is 0.808. The highest BCUT2D eigenvalue weighted by Gasteiger charge is 2.31. The summed E-state index contributed by atoms with van der Waals surface area (Å²) < 4.78 is 5.29. The first-order valence-electron chi connectivity index (χ1n) is 9.49. The Balaban J connectivity index is 1.50. The summed E-state index contributed by atoms with van der Waals surface area (Å²) in [5.74, 6) is 0.151. The maximum atomic E-state index is 12.5. The highest BCUT2D eigenvalue weighted by Crippen LogP contribution is 2.27. The second kappa shape index (κ2) is 8.64. The molecule has 0 atom stereocenters. The first-order chi connectivity index (χ1) is 12.5. The maximum Gasteiger partial charge on any atom is 0.238 e. The van der Waals surface area contributed by atoms with Gasteiger partial charge in [0.25, 0.3) is 0 Å². The molecule has 2 amide bonds. The molecule has 1 aliphatic carbocycles. The van der Waals surface area contributed by atoms with Crippen LogP contribution in [0.3, 0.4) is 0 Å². The Morgan fingerprint density at radius 3 is 2.65 bits per heavy atom. The van der Waals surface area contributed by atoms with Crippen molar-refractivity contribution in [2.24, 2.45) is 0 Å². The standard InChI is InChI=1S/C20H29N3O3/c1-15-3-4-16(2)18(13-15)21-19(24)14-23(17-5-6-17)8-7-20(25)22-9-11-26-12-10-22/h3-4,13,17H,5-12,14H2,1-2H3,(H,21,24). The van der Waals surface area contributed by atoms with E-state index in [1.54, 1.807) is 0 Å². The average Bonchev–Trinajstić information content (AvgIpc) is 3.47. The van der Waals surface area contributed by atoms with Crippen molar-refractivity contribution in [2.75, 3.05) is 44.7 Å². The molecule has 0 spiro atoms. The van der Waals surface area contributed by atoms with Crippen LogP contribution in [-0.4, -0.2) is 67.0 Å². The molecule has 1 heterocycles. The molecule has 142 valence electrons. The Hall–Kier alpha value is -1.92. The van der Waals surface area contributed by atoms with Crippen molar-refractivity contribution < 1.29 is 14.3 Å². The van der Waals surface area contributed by atoms with E-state index in [1.165, 1.54) is 0 Å². The normalized spacial score (nSPS) is 17.4. The van der Waals surface area contributed by atoms with Crippen molar-refractivity contribution >= 4 is 17.5 Å². The fourth-order valence-corrected chi connectivity index (χ4v) is 3.29. The Labute approximate surface area is 155 Å². The van der Waals surface area contributed by atoms with E-state index in [1.807, 2.05) is 36.9 Å². The molecular weight excluding hydrogens is 330 g/mol. The average molecular weight is 359 g/mol. The molecule has 1 N–H and O–H groups in total. The lowest BCUT2D eigenvalue weighted by Gasteiger charge is -2.28. The van der Waals surface area contributed by atoms with Crippen LogP contribution < -0.4 is 5.32 Å². The van der Waals surface area contributed by atoms with Gasteiger partial charge in [0, 0.05) is 37.8 Å². The minimum Gasteiger partial charge on any atom is -0.378 e. The molecule has 1 saturated heterocycles. The van der Waals surface area contributed by atoms with Crippen molar-refractivity contribution in [3.8, 4) is 0 Å². The fourth-order valence-electron chi connectivity index (χ4n) is 3.29. The molecule has 6 heteroatoms. The van der Waals surface area contributed by atoms with Gasteiger partial charge < -0.3 is 15.0 Å². The Bertz CT molecular complexity index is 652. The number of anilines is 1. The van der Waals surface area contributed by atoms with Crippen LogP contribution in [0.5, 0.6) is 0 Å². The molecule has 0 bridgehead atoms. The van der Waals surface area contributed by atoms with Gasteiger partial charge in [-0.1, -0.05) is 12.1 Å². The second-order valence-electron chi connectivity index (χ2n) is 7.31. The largest absolute Gasteiger partial charge is 0.378 e. The predicted molar refractivity (Wildman–Crippen MR) is 101 cm³/mol. The SMILES string of the molecule is Cc1ccc(C)c(NC(=O)CN(CCC(=O)N2CCOCC2)C2CC2)c1. The third-order valence-electron chi connectivity index (χ3n) is 5.05. The van der Waals surface area contributed by atoms with Gasteiger partial charge >= 0.3 is 0 Å². The number of carbonyl (C=O) groups excluding carboxylic acids is 2. The molecule has 2 fully saturated rings. The van der Waals surface area contributed by atoms with Crippen molar-refractivity contribution in [3.63, 3.8) is 0 Å². The van der Waals surface area contributed by atoms with Gasteiger partial charge in [0.15, 0.2) is 0 Å². The number of ether oxygens (including phenoxy) is 1. The van der Waals surface area contributed by atoms with Crippen molar-refractivity contribution in [2.45, 2.75) is 39.2 Å². The van der Waals surface area contributed by atoms with Gasteiger partial charge in [-0.05, 0) is 43.9 Å². The second-order valence-corrected chi connectivity index (χ2v) is 7.31. The first-order valence-corrected chi connectivity index (χ1v) is 9.49. The number of carbonyl (C=O) groups is 2. The van der Waals surface area contributed by atoms with Gasteiger partial charge in [0.05, 0.1) is 19.8 Å². The molecule has 1 aliphatic heterocycles. The van der Waals surface area contributed by atoms with E-state index in [9.17, 15) is 9.59 Å². The van der Waals surface area contributed by atoms with Crippen LogP contribution in [0.4, 0.5) is 5.69 Å². The summed E-state index contributed by atoms with van der Waals surface area (Å²) in [5, 5.41) is 3.02. The molecule has 26 heavy (non-hydrogen) atoms. The molecule has 0 unspecified atom stereocenters. The summed E-state index contributed by atoms with van der Waals surface area (Å²) >= 11 is 0. The van der Waals surface area contributed by atoms with Crippen molar-refractivity contribution in [1.82, 2.24) is 9.80 Å². The Kier molecular flexibility index (Phi) is 6.27. The topological polar surface area (TPSA) is 61.9 Å². The molecule has 1 aromatic rings. The van der Waals surface area contributed by atoms with Gasteiger partial charge in [-0.3, -0.25) is 14.5 Å². The molecule has 2 aliphatic rings. The molecule has 3 rings (SSSR count). The zero-order valence-corrected chi connectivity index (χ0v) is 15.8. The summed E-state index contributed by atoms with van der Waals surface area (Å²) in [6.45, 7) is 7.59. The number of rotatable bonds is 7. The van der Waals surface area contributed by atoms with E-state index >= 15 is 0 Å². The number of nitrogens with one attached hydrogen (secondary N) is 1. The predicted octanol–water partition coefficient (Wildman–Crippen LogP) is 1.96. The third kappa shape index (κ3) is 5.29. The molecule has 1 saturated carbocycles. The summed E-state index contributed by atoms with van der Waals surface area (Å²) in [4.78, 5) is 28.9. The Morgan fingerprint density at radius 2 is 1.96 bits per heavy atom. The molecule has 1 aromatic carbocycles. The van der Waals surface area contributed by atoms with Gasteiger partial charge in [0.2, 0.25) is 11.8 Å². The van der Waals surface area contributed by atoms with E-state index in [2.05, 4.69) is 10.2 Å². The smallest absolute Gasteiger partial charge is 0.238 e. The van der Waals surface area contributed by atoms with Crippen LogP contribution in [0.25, 0.3) is 0 Å². The lowest BCUT2D eigenvalue weighted by molar-refractivity contribution is -0.135. The van der Waals surface area contributed by atoms with E-state index < -0.39 is 0 Å². The number of nitrogens with zero attached hydrogens (tertiary/aromatic N) is 2. The van der Waals surface area contributed by atoms with E-state index in [4.69, 9.17) is 4.74 Å². The number of benzene rings is 1. The van der Waals surface area contributed by atoms with Crippen LogP contribution in [0.2, 0.25) is 0 Å². The Morgan fingerprint density at radius 1 is 1.23 bits per heavy atom.